The second-order valence-corrected chi connectivity index (χ2v) is 8.12. The van der Waals surface area contributed by atoms with Gasteiger partial charge in [-0.2, -0.15) is 4.98 Å². The largest absolute Gasteiger partial charge is 0.462 e. The van der Waals surface area contributed by atoms with Gasteiger partial charge in [0.2, 0.25) is 11.1 Å². The van der Waals surface area contributed by atoms with Gasteiger partial charge in [0.05, 0.1) is 12.2 Å². The van der Waals surface area contributed by atoms with Crippen molar-refractivity contribution in [2.45, 2.75) is 51.2 Å². The van der Waals surface area contributed by atoms with Crippen LogP contribution in [-0.2, 0) is 9.53 Å². The summed E-state index contributed by atoms with van der Waals surface area (Å²) in [4.78, 5) is 17.5. The van der Waals surface area contributed by atoms with E-state index < -0.39 is 6.04 Å². The number of unbranched alkanes of at least 4 members (excludes halogenated alkanes) is 1. The number of anilines is 1. The summed E-state index contributed by atoms with van der Waals surface area (Å²) in [6.45, 7) is 6.37. The summed E-state index contributed by atoms with van der Waals surface area (Å²) in [5, 5.41) is 9.19. The molecule has 0 fully saturated rings. The van der Waals surface area contributed by atoms with Gasteiger partial charge in [0.25, 0.3) is 0 Å². The summed E-state index contributed by atoms with van der Waals surface area (Å²) in [5.74, 6) is 1.23. The molecule has 0 radical (unpaired) electrons. The fourth-order valence-corrected chi connectivity index (χ4v) is 4.13. The van der Waals surface area contributed by atoms with Crippen LogP contribution in [0.25, 0.3) is 0 Å². The predicted octanol–water partition coefficient (Wildman–Crippen LogP) is 5.07. The van der Waals surface area contributed by atoms with Crippen molar-refractivity contribution in [2.24, 2.45) is 0 Å². The van der Waals surface area contributed by atoms with Gasteiger partial charge in [0.15, 0.2) is 0 Å². The van der Waals surface area contributed by atoms with E-state index in [9.17, 15) is 4.79 Å². The average molecular weight is 421 g/mol. The zero-order valence-electron chi connectivity index (χ0n) is 16.4. The lowest BCUT2D eigenvalue weighted by atomic mass is 9.96. The van der Waals surface area contributed by atoms with Crippen molar-refractivity contribution in [3.63, 3.8) is 0 Å². The highest BCUT2D eigenvalue weighted by atomic mass is 35.5. The molecule has 0 amide bonds. The molecule has 28 heavy (non-hydrogen) atoms. The third kappa shape index (κ3) is 4.52. The number of fused-ring (bicyclic) bond motifs is 1. The fraction of sp³-hybridized carbons (Fsp3) is 0.450. The van der Waals surface area contributed by atoms with Gasteiger partial charge in [-0.1, -0.05) is 55.8 Å². The number of aromatic nitrogens is 3. The molecule has 0 saturated heterocycles. The number of halogens is 1. The molecule has 1 aliphatic heterocycles. The van der Waals surface area contributed by atoms with Crippen molar-refractivity contribution >= 4 is 35.3 Å². The van der Waals surface area contributed by atoms with Gasteiger partial charge in [-0.05, 0) is 37.5 Å². The van der Waals surface area contributed by atoms with Crippen molar-refractivity contribution in [3.8, 4) is 0 Å². The summed E-state index contributed by atoms with van der Waals surface area (Å²) in [6.07, 6.45) is 2.99. The van der Waals surface area contributed by atoms with Crippen LogP contribution in [0.4, 0.5) is 5.95 Å². The minimum atomic E-state index is -0.438. The molecular weight excluding hydrogens is 396 g/mol. The highest BCUT2D eigenvalue weighted by Gasteiger charge is 2.35. The van der Waals surface area contributed by atoms with Gasteiger partial charge in [-0.15, -0.1) is 5.10 Å². The first-order valence-electron chi connectivity index (χ1n) is 9.54. The number of esters is 1. The number of nitrogens with one attached hydrogen (secondary N) is 1. The number of allylic oxidation sites excluding steroid dienone is 1. The normalized spacial score (nSPS) is 15.9. The molecule has 1 aromatic carbocycles. The highest BCUT2D eigenvalue weighted by molar-refractivity contribution is 7.99. The van der Waals surface area contributed by atoms with Crippen molar-refractivity contribution in [1.29, 1.82) is 0 Å². The summed E-state index contributed by atoms with van der Waals surface area (Å²) >= 11 is 7.85. The van der Waals surface area contributed by atoms with Gasteiger partial charge in [-0.25, -0.2) is 9.48 Å². The zero-order valence-corrected chi connectivity index (χ0v) is 17.9. The number of carbonyl (C=O) groups is 1. The Hall–Kier alpha value is -1.99. The number of benzene rings is 1. The quantitative estimate of drug-likeness (QED) is 0.365. The first-order valence-corrected chi connectivity index (χ1v) is 10.9. The predicted molar refractivity (Wildman–Crippen MR) is 113 cm³/mol. The second-order valence-electron chi connectivity index (χ2n) is 6.62. The lowest BCUT2D eigenvalue weighted by Crippen LogP contribution is -2.29. The number of ether oxygens (including phenoxy) is 1. The molecule has 0 bridgehead atoms. The van der Waals surface area contributed by atoms with Gasteiger partial charge in [0.1, 0.15) is 6.04 Å². The lowest BCUT2D eigenvalue weighted by Gasteiger charge is -2.28. The molecule has 1 aromatic heterocycles. The third-order valence-corrected chi connectivity index (χ3v) is 5.54. The maximum Gasteiger partial charge on any atom is 0.338 e. The molecule has 1 N–H and O–H groups in total. The van der Waals surface area contributed by atoms with Crippen molar-refractivity contribution in [2.75, 3.05) is 17.7 Å². The molecule has 6 nitrogen and oxygen atoms in total. The Morgan fingerprint density at radius 1 is 1.36 bits per heavy atom. The summed E-state index contributed by atoms with van der Waals surface area (Å²) in [5.41, 5.74) is 2.11. The van der Waals surface area contributed by atoms with E-state index in [2.05, 4.69) is 22.3 Å². The van der Waals surface area contributed by atoms with Crippen molar-refractivity contribution in [3.05, 3.63) is 46.1 Å². The van der Waals surface area contributed by atoms with Gasteiger partial charge >= 0.3 is 5.97 Å². The van der Waals surface area contributed by atoms with E-state index in [0.717, 1.165) is 36.3 Å². The van der Waals surface area contributed by atoms with Gasteiger partial charge in [-0.3, -0.25) is 0 Å². The molecule has 1 unspecified atom stereocenters. The first kappa shape index (κ1) is 20.7. The molecule has 8 heteroatoms. The maximum atomic E-state index is 12.8. The van der Waals surface area contributed by atoms with Crippen LogP contribution < -0.4 is 5.32 Å². The Bertz CT molecular complexity index is 881. The second kappa shape index (κ2) is 9.47. The van der Waals surface area contributed by atoms with E-state index in [1.54, 1.807) is 16.4 Å². The minimum absolute atomic E-state index is 0.349. The molecule has 150 valence electrons. The molecule has 1 atom stereocenters. The zero-order chi connectivity index (χ0) is 20.1. The maximum absolute atomic E-state index is 12.8. The molecular formula is C20H25ClN4O2S. The minimum Gasteiger partial charge on any atom is -0.462 e. The van der Waals surface area contributed by atoms with Gasteiger partial charge in [0, 0.05) is 16.5 Å². The number of hydrogen-bond donors (Lipinski definition) is 1. The van der Waals surface area contributed by atoms with Crippen LogP contribution in [0.1, 0.15) is 51.6 Å². The molecule has 3 rings (SSSR count). The number of thioether (sulfide) groups is 1. The Morgan fingerprint density at radius 2 is 2.18 bits per heavy atom. The molecule has 0 aliphatic carbocycles. The van der Waals surface area contributed by atoms with E-state index in [1.165, 1.54) is 0 Å². The van der Waals surface area contributed by atoms with Crippen molar-refractivity contribution < 1.29 is 9.53 Å². The number of hydrogen-bond acceptors (Lipinski definition) is 6. The summed E-state index contributed by atoms with van der Waals surface area (Å²) < 4.78 is 7.21. The lowest BCUT2D eigenvalue weighted by molar-refractivity contribution is -0.139. The van der Waals surface area contributed by atoms with Crippen LogP contribution in [0.15, 0.2) is 40.7 Å². The van der Waals surface area contributed by atoms with Crippen molar-refractivity contribution in [1.82, 2.24) is 14.8 Å². The fourth-order valence-electron chi connectivity index (χ4n) is 3.02. The van der Waals surface area contributed by atoms with Crippen LogP contribution >= 0.6 is 23.4 Å². The molecule has 0 saturated carbocycles. The third-order valence-electron chi connectivity index (χ3n) is 4.38. The Morgan fingerprint density at radius 3 is 2.89 bits per heavy atom. The Labute approximate surface area is 174 Å². The van der Waals surface area contributed by atoms with E-state index in [0.29, 0.717) is 28.3 Å². The smallest absolute Gasteiger partial charge is 0.338 e. The average Bonchev–Trinajstić information content (AvgIpc) is 3.07. The molecule has 1 aliphatic rings. The number of carbonyl (C=O) groups excluding carboxylic acids is 1. The standard InChI is InChI=1S/C20H25ClN4O2S/c1-4-6-11-28-20-23-19-22-13(3)16(18(26)27-10-5-2)17(25(19)24-20)14-8-7-9-15(21)12-14/h7-9,12,17H,4-6,10-11H2,1-3H3,(H,22,23,24). The number of nitrogens with zero attached hydrogens (tertiary/aromatic N) is 3. The Balaban J connectivity index is 2.02. The first-order chi connectivity index (χ1) is 13.5. The van der Waals surface area contributed by atoms with E-state index in [4.69, 9.17) is 16.3 Å². The number of rotatable bonds is 8. The van der Waals surface area contributed by atoms with Crippen LogP contribution in [0.3, 0.4) is 0 Å². The molecule has 0 spiro atoms. The molecule has 2 heterocycles. The monoisotopic (exact) mass is 420 g/mol. The highest BCUT2D eigenvalue weighted by Crippen LogP contribution is 2.37. The van der Waals surface area contributed by atoms with Crippen LogP contribution in [0.2, 0.25) is 5.02 Å². The Kier molecular flexibility index (Phi) is 7.02. The summed E-state index contributed by atoms with van der Waals surface area (Å²) in [7, 11) is 0. The van der Waals surface area contributed by atoms with Gasteiger partial charge < -0.3 is 10.1 Å². The van der Waals surface area contributed by atoms with E-state index in [-0.39, 0.29) is 5.97 Å². The SMILES string of the molecule is CCCCSc1nc2n(n1)C(c1cccc(Cl)c1)C(C(=O)OCCC)=C(C)N2. The summed E-state index contributed by atoms with van der Waals surface area (Å²) in [6, 6.07) is 7.04. The topological polar surface area (TPSA) is 69.0 Å². The van der Waals surface area contributed by atoms with Crippen LogP contribution in [0, 0.1) is 0 Å². The van der Waals surface area contributed by atoms with E-state index in [1.807, 2.05) is 38.1 Å². The molecule has 2 aromatic rings. The van der Waals surface area contributed by atoms with Crippen LogP contribution in [-0.4, -0.2) is 33.1 Å². The van der Waals surface area contributed by atoms with E-state index >= 15 is 0 Å². The van der Waals surface area contributed by atoms with Crippen LogP contribution in [0.5, 0.6) is 0 Å².